The highest BCUT2D eigenvalue weighted by Gasteiger charge is 2.17. The summed E-state index contributed by atoms with van der Waals surface area (Å²) in [6.45, 7) is 1.92. The van der Waals surface area contributed by atoms with Crippen LogP contribution in [0, 0.1) is 6.92 Å². The number of benzene rings is 1. The van der Waals surface area contributed by atoms with Gasteiger partial charge in [0.15, 0.2) is 5.65 Å². The SMILES string of the molecule is COc1cc2nn(C)cc2cc1NC(=O)c1cnn2cc(C)cnc12. The number of hydrogen-bond donors (Lipinski definition) is 1. The van der Waals surface area contributed by atoms with Gasteiger partial charge >= 0.3 is 0 Å². The van der Waals surface area contributed by atoms with Gasteiger partial charge in [-0.05, 0) is 18.6 Å². The third kappa shape index (κ3) is 2.57. The van der Waals surface area contributed by atoms with Gasteiger partial charge in [0.1, 0.15) is 11.3 Å². The van der Waals surface area contributed by atoms with Crippen LogP contribution < -0.4 is 10.1 Å². The average molecular weight is 336 g/mol. The molecule has 8 heteroatoms. The summed E-state index contributed by atoms with van der Waals surface area (Å²) in [5.41, 5.74) is 3.23. The quantitative estimate of drug-likeness (QED) is 0.620. The topological polar surface area (TPSA) is 86.3 Å². The standard InChI is InChI=1S/C17H16N6O2/c1-10-6-18-16-12(7-19-23(16)8-10)17(24)20-14-4-11-9-22(2)21-13(11)5-15(14)25-3/h4-9H,1-3H3,(H,20,24). The molecular formula is C17H16N6O2. The second-order valence-electron chi connectivity index (χ2n) is 5.83. The Hall–Kier alpha value is -3.42. The van der Waals surface area contributed by atoms with Crippen molar-refractivity contribution in [2.75, 3.05) is 12.4 Å². The number of aryl methyl sites for hydroxylation is 2. The van der Waals surface area contributed by atoms with Crippen LogP contribution in [-0.4, -0.2) is 37.4 Å². The predicted octanol–water partition coefficient (Wildman–Crippen LogP) is 2.19. The van der Waals surface area contributed by atoms with Crippen LogP contribution in [0.4, 0.5) is 5.69 Å². The summed E-state index contributed by atoms with van der Waals surface area (Å²) in [5.74, 6) is 0.243. The number of nitrogens with zero attached hydrogens (tertiary/aromatic N) is 5. The first kappa shape index (κ1) is 15.1. The number of carbonyl (C=O) groups is 1. The Morgan fingerprint density at radius 2 is 2.08 bits per heavy atom. The maximum Gasteiger partial charge on any atom is 0.261 e. The van der Waals surface area contributed by atoms with Gasteiger partial charge in [-0.15, -0.1) is 0 Å². The van der Waals surface area contributed by atoms with Crippen molar-refractivity contribution in [3.63, 3.8) is 0 Å². The second kappa shape index (κ2) is 5.59. The van der Waals surface area contributed by atoms with Crippen molar-refractivity contribution in [3.8, 4) is 5.75 Å². The number of fused-ring (bicyclic) bond motifs is 2. The number of aromatic nitrogens is 5. The molecule has 3 heterocycles. The van der Waals surface area contributed by atoms with Crippen molar-refractivity contribution in [2.24, 2.45) is 7.05 Å². The van der Waals surface area contributed by atoms with Gasteiger partial charge < -0.3 is 10.1 Å². The molecule has 4 rings (SSSR count). The average Bonchev–Trinajstić information content (AvgIpc) is 3.15. The minimum atomic E-state index is -0.298. The van der Waals surface area contributed by atoms with Gasteiger partial charge in [-0.2, -0.15) is 10.2 Å². The molecule has 1 amide bonds. The van der Waals surface area contributed by atoms with Crippen molar-refractivity contribution >= 4 is 28.1 Å². The van der Waals surface area contributed by atoms with Gasteiger partial charge in [0.05, 0.1) is 24.5 Å². The summed E-state index contributed by atoms with van der Waals surface area (Å²) in [7, 11) is 3.40. The van der Waals surface area contributed by atoms with E-state index in [1.54, 1.807) is 28.6 Å². The Morgan fingerprint density at radius 1 is 1.24 bits per heavy atom. The first-order chi connectivity index (χ1) is 12.0. The molecule has 0 aliphatic rings. The molecule has 4 aromatic rings. The van der Waals surface area contributed by atoms with E-state index in [1.807, 2.05) is 32.4 Å². The maximum atomic E-state index is 12.7. The second-order valence-corrected chi connectivity index (χ2v) is 5.83. The Morgan fingerprint density at radius 3 is 2.88 bits per heavy atom. The smallest absolute Gasteiger partial charge is 0.261 e. The number of ether oxygens (including phenoxy) is 1. The van der Waals surface area contributed by atoms with Crippen molar-refractivity contribution in [1.82, 2.24) is 24.4 Å². The summed E-state index contributed by atoms with van der Waals surface area (Å²) in [6, 6.07) is 3.63. The lowest BCUT2D eigenvalue weighted by molar-refractivity contribution is 0.102. The summed E-state index contributed by atoms with van der Waals surface area (Å²) in [6.07, 6.45) is 6.91. The lowest BCUT2D eigenvalue weighted by Gasteiger charge is -2.09. The molecule has 0 unspecified atom stereocenters. The summed E-state index contributed by atoms with van der Waals surface area (Å²) < 4.78 is 8.69. The maximum absolute atomic E-state index is 12.7. The third-order valence-corrected chi connectivity index (χ3v) is 3.92. The molecule has 0 aliphatic heterocycles. The van der Waals surface area contributed by atoms with Crippen LogP contribution in [0.1, 0.15) is 15.9 Å². The first-order valence-corrected chi connectivity index (χ1v) is 7.68. The number of carbonyl (C=O) groups excluding carboxylic acids is 1. The van der Waals surface area contributed by atoms with Crippen LogP contribution in [0.3, 0.4) is 0 Å². The van der Waals surface area contributed by atoms with Crippen molar-refractivity contribution in [2.45, 2.75) is 6.92 Å². The molecule has 0 bridgehead atoms. The van der Waals surface area contributed by atoms with E-state index >= 15 is 0 Å². The highest BCUT2D eigenvalue weighted by atomic mass is 16.5. The van der Waals surface area contributed by atoms with Gasteiger partial charge in [0.25, 0.3) is 5.91 Å². The molecule has 0 spiro atoms. The van der Waals surface area contributed by atoms with Crippen LogP contribution in [0.5, 0.6) is 5.75 Å². The molecule has 3 aromatic heterocycles. The van der Waals surface area contributed by atoms with Gasteiger partial charge in [0, 0.05) is 37.1 Å². The van der Waals surface area contributed by atoms with Gasteiger partial charge in [-0.3, -0.25) is 9.48 Å². The van der Waals surface area contributed by atoms with Gasteiger partial charge in [-0.1, -0.05) is 0 Å². The van der Waals surface area contributed by atoms with E-state index in [-0.39, 0.29) is 5.91 Å². The van der Waals surface area contributed by atoms with E-state index in [0.29, 0.717) is 22.6 Å². The van der Waals surface area contributed by atoms with Crippen molar-refractivity contribution < 1.29 is 9.53 Å². The number of nitrogens with one attached hydrogen (secondary N) is 1. The van der Waals surface area contributed by atoms with E-state index in [2.05, 4.69) is 20.5 Å². The van der Waals surface area contributed by atoms with Gasteiger partial charge in [0.2, 0.25) is 0 Å². The molecule has 0 aliphatic carbocycles. The Balaban J connectivity index is 1.73. The Kier molecular flexibility index (Phi) is 3.38. The molecule has 126 valence electrons. The van der Waals surface area contributed by atoms with Crippen molar-refractivity contribution in [1.29, 1.82) is 0 Å². The van der Waals surface area contributed by atoms with E-state index in [0.717, 1.165) is 16.5 Å². The molecule has 0 saturated heterocycles. The molecule has 1 N–H and O–H groups in total. The fourth-order valence-corrected chi connectivity index (χ4v) is 2.76. The van der Waals surface area contributed by atoms with E-state index in [4.69, 9.17) is 4.74 Å². The zero-order chi connectivity index (χ0) is 17.6. The molecule has 0 atom stereocenters. The lowest BCUT2D eigenvalue weighted by Crippen LogP contribution is -2.13. The number of methoxy groups -OCH3 is 1. The van der Waals surface area contributed by atoms with Crippen molar-refractivity contribution in [3.05, 3.63) is 48.0 Å². The number of hydrogen-bond acceptors (Lipinski definition) is 5. The molecule has 25 heavy (non-hydrogen) atoms. The zero-order valence-electron chi connectivity index (χ0n) is 14.0. The highest BCUT2D eigenvalue weighted by molar-refractivity contribution is 6.09. The normalized spacial score (nSPS) is 11.2. The molecule has 8 nitrogen and oxygen atoms in total. The summed E-state index contributed by atoms with van der Waals surface area (Å²) in [5, 5.41) is 12.3. The van der Waals surface area contributed by atoms with E-state index in [9.17, 15) is 4.79 Å². The van der Waals surface area contributed by atoms with E-state index in [1.165, 1.54) is 6.20 Å². The summed E-state index contributed by atoms with van der Waals surface area (Å²) >= 11 is 0. The monoisotopic (exact) mass is 336 g/mol. The molecule has 1 aromatic carbocycles. The minimum Gasteiger partial charge on any atom is -0.494 e. The number of anilines is 1. The van der Waals surface area contributed by atoms with Crippen LogP contribution >= 0.6 is 0 Å². The number of amides is 1. The number of rotatable bonds is 3. The molecule has 0 fully saturated rings. The van der Waals surface area contributed by atoms with Gasteiger partial charge in [-0.25, -0.2) is 9.50 Å². The van der Waals surface area contributed by atoms with Crippen LogP contribution in [0.2, 0.25) is 0 Å². The minimum absolute atomic E-state index is 0.298. The fourth-order valence-electron chi connectivity index (χ4n) is 2.76. The Bertz CT molecular complexity index is 1110. The fraction of sp³-hybridized carbons (Fsp3) is 0.176. The highest BCUT2D eigenvalue weighted by Crippen LogP contribution is 2.30. The molecule has 0 radical (unpaired) electrons. The summed E-state index contributed by atoms with van der Waals surface area (Å²) in [4.78, 5) is 17.0. The van der Waals surface area contributed by atoms with E-state index < -0.39 is 0 Å². The lowest BCUT2D eigenvalue weighted by atomic mass is 10.2. The zero-order valence-corrected chi connectivity index (χ0v) is 14.0. The predicted molar refractivity (Wildman–Crippen MR) is 92.9 cm³/mol. The van der Waals surface area contributed by atoms with Crippen LogP contribution in [-0.2, 0) is 7.05 Å². The van der Waals surface area contributed by atoms with Crippen LogP contribution in [0.25, 0.3) is 16.6 Å². The third-order valence-electron chi connectivity index (χ3n) is 3.92. The largest absolute Gasteiger partial charge is 0.494 e. The molecule has 0 saturated carbocycles. The Labute approximate surface area is 143 Å². The van der Waals surface area contributed by atoms with Crippen LogP contribution in [0.15, 0.2) is 36.9 Å². The molecular weight excluding hydrogens is 320 g/mol. The first-order valence-electron chi connectivity index (χ1n) is 7.68.